The standard InChI is InChI=1S/C29H36F3N3O4/c1-28(2,3)39-27(37)35-14-9-20(10-15-35)18-26(36)25-19-24(8-13-33-25)38-23-11-16-34(17-12-23)22-6-4-21(5-7-22)29(30,31)32/h4-8,13,19-20,23H,9-12,14-18H2,1-3H3. The maximum absolute atomic E-state index is 12.9. The number of piperidine rings is 2. The molecule has 2 aromatic rings. The zero-order valence-corrected chi connectivity index (χ0v) is 22.7. The van der Waals surface area contributed by atoms with Gasteiger partial charge in [0.15, 0.2) is 5.78 Å². The minimum absolute atomic E-state index is 0.0479. The molecule has 10 heteroatoms. The van der Waals surface area contributed by atoms with Gasteiger partial charge in [0.25, 0.3) is 0 Å². The maximum Gasteiger partial charge on any atom is 0.416 e. The normalized spacial score (nSPS) is 17.7. The summed E-state index contributed by atoms with van der Waals surface area (Å²) in [5.74, 6) is 0.714. The molecule has 2 saturated heterocycles. The minimum atomic E-state index is -4.34. The van der Waals surface area contributed by atoms with E-state index in [-0.39, 0.29) is 23.9 Å². The van der Waals surface area contributed by atoms with E-state index in [1.165, 1.54) is 12.1 Å². The predicted molar refractivity (Wildman–Crippen MR) is 141 cm³/mol. The van der Waals surface area contributed by atoms with Crippen LogP contribution >= 0.6 is 0 Å². The van der Waals surface area contributed by atoms with Crippen molar-refractivity contribution in [2.75, 3.05) is 31.1 Å². The van der Waals surface area contributed by atoms with Crippen LogP contribution in [0.15, 0.2) is 42.6 Å². The zero-order valence-electron chi connectivity index (χ0n) is 22.7. The molecule has 0 radical (unpaired) electrons. The number of carbonyl (C=O) groups excluding carboxylic acids is 2. The van der Waals surface area contributed by atoms with Crippen LogP contribution in [0.3, 0.4) is 0 Å². The first-order chi connectivity index (χ1) is 18.4. The van der Waals surface area contributed by atoms with Crippen LogP contribution in [0.4, 0.5) is 23.7 Å². The van der Waals surface area contributed by atoms with Crippen molar-refractivity contribution in [2.45, 2.75) is 70.8 Å². The van der Waals surface area contributed by atoms with Gasteiger partial charge in [0.2, 0.25) is 0 Å². The number of hydrogen-bond donors (Lipinski definition) is 0. The van der Waals surface area contributed by atoms with E-state index in [1.807, 2.05) is 20.8 Å². The summed E-state index contributed by atoms with van der Waals surface area (Å²) in [5, 5.41) is 0. The monoisotopic (exact) mass is 547 g/mol. The molecule has 2 aliphatic rings. The summed E-state index contributed by atoms with van der Waals surface area (Å²) >= 11 is 0. The smallest absolute Gasteiger partial charge is 0.416 e. The summed E-state index contributed by atoms with van der Waals surface area (Å²) in [4.78, 5) is 33.2. The van der Waals surface area contributed by atoms with Crippen LogP contribution in [-0.2, 0) is 10.9 Å². The second-order valence-corrected chi connectivity index (χ2v) is 11.3. The van der Waals surface area contributed by atoms with E-state index >= 15 is 0 Å². The highest BCUT2D eigenvalue weighted by atomic mass is 19.4. The molecule has 39 heavy (non-hydrogen) atoms. The van der Waals surface area contributed by atoms with Gasteiger partial charge in [-0.1, -0.05) is 0 Å². The molecule has 2 aliphatic heterocycles. The van der Waals surface area contributed by atoms with E-state index < -0.39 is 17.3 Å². The molecule has 1 aromatic heterocycles. The number of carbonyl (C=O) groups is 2. The van der Waals surface area contributed by atoms with E-state index in [2.05, 4.69) is 9.88 Å². The molecule has 212 valence electrons. The first-order valence-electron chi connectivity index (χ1n) is 13.4. The van der Waals surface area contributed by atoms with Crippen molar-refractivity contribution >= 4 is 17.6 Å². The van der Waals surface area contributed by atoms with Crippen LogP contribution < -0.4 is 9.64 Å². The molecule has 0 aliphatic carbocycles. The van der Waals surface area contributed by atoms with E-state index in [1.54, 1.807) is 23.2 Å². The zero-order chi connectivity index (χ0) is 28.2. The molecule has 3 heterocycles. The quantitative estimate of drug-likeness (QED) is 0.392. The van der Waals surface area contributed by atoms with E-state index in [9.17, 15) is 22.8 Å². The predicted octanol–water partition coefficient (Wildman–Crippen LogP) is 6.37. The van der Waals surface area contributed by atoms with Crippen LogP contribution in [0.5, 0.6) is 5.75 Å². The van der Waals surface area contributed by atoms with Gasteiger partial charge in [-0.25, -0.2) is 4.79 Å². The lowest BCUT2D eigenvalue weighted by Crippen LogP contribution is -2.42. The molecule has 0 atom stereocenters. The lowest BCUT2D eigenvalue weighted by atomic mass is 9.91. The van der Waals surface area contributed by atoms with E-state index in [0.717, 1.165) is 30.7 Å². The Kier molecular flexibility index (Phi) is 8.71. The van der Waals surface area contributed by atoms with Crippen LogP contribution in [0.25, 0.3) is 0 Å². The molecule has 1 amide bonds. The molecule has 4 rings (SSSR count). The average Bonchev–Trinajstić information content (AvgIpc) is 2.88. The fourth-order valence-corrected chi connectivity index (χ4v) is 4.94. The van der Waals surface area contributed by atoms with Gasteiger partial charge in [-0.15, -0.1) is 0 Å². The Bertz CT molecular complexity index is 1130. The second kappa shape index (κ2) is 11.8. The number of hydrogen-bond acceptors (Lipinski definition) is 6. The average molecular weight is 548 g/mol. The molecular weight excluding hydrogens is 511 g/mol. The molecule has 1 aromatic carbocycles. The summed E-state index contributed by atoms with van der Waals surface area (Å²) in [5.41, 5.74) is -0.0654. The van der Waals surface area contributed by atoms with Crippen molar-refractivity contribution in [1.82, 2.24) is 9.88 Å². The first-order valence-corrected chi connectivity index (χ1v) is 13.4. The number of nitrogens with zero attached hydrogens (tertiary/aromatic N) is 3. The fourth-order valence-electron chi connectivity index (χ4n) is 4.94. The van der Waals surface area contributed by atoms with Gasteiger partial charge in [0.05, 0.1) is 5.56 Å². The van der Waals surface area contributed by atoms with E-state index in [0.29, 0.717) is 56.9 Å². The van der Waals surface area contributed by atoms with Gasteiger partial charge < -0.3 is 19.3 Å². The largest absolute Gasteiger partial charge is 0.490 e. The van der Waals surface area contributed by atoms with Gasteiger partial charge in [-0.05, 0) is 69.9 Å². The molecule has 0 N–H and O–H groups in total. The van der Waals surface area contributed by atoms with Crippen molar-refractivity contribution in [3.8, 4) is 5.75 Å². The molecule has 0 bridgehead atoms. The van der Waals surface area contributed by atoms with Crippen LogP contribution in [0, 0.1) is 5.92 Å². The molecular formula is C29H36F3N3O4. The van der Waals surface area contributed by atoms with Crippen LogP contribution in [0.1, 0.15) is 68.9 Å². The van der Waals surface area contributed by atoms with Crippen molar-refractivity contribution in [3.05, 3.63) is 53.9 Å². The maximum atomic E-state index is 12.9. The van der Waals surface area contributed by atoms with Gasteiger partial charge in [-0.2, -0.15) is 13.2 Å². The second-order valence-electron chi connectivity index (χ2n) is 11.3. The third-order valence-corrected chi connectivity index (χ3v) is 7.06. The number of aromatic nitrogens is 1. The van der Waals surface area contributed by atoms with Crippen molar-refractivity contribution < 1.29 is 32.2 Å². The topological polar surface area (TPSA) is 72.0 Å². The number of anilines is 1. The number of halogens is 3. The highest BCUT2D eigenvalue weighted by molar-refractivity contribution is 5.94. The summed E-state index contributed by atoms with van der Waals surface area (Å²) < 4.78 is 50.1. The molecule has 0 unspecified atom stereocenters. The fraction of sp³-hybridized carbons (Fsp3) is 0.552. The third-order valence-electron chi connectivity index (χ3n) is 7.06. The lowest BCUT2D eigenvalue weighted by Gasteiger charge is -2.34. The Morgan fingerprint density at radius 2 is 1.59 bits per heavy atom. The number of amides is 1. The Balaban J connectivity index is 1.24. The van der Waals surface area contributed by atoms with Crippen molar-refractivity contribution in [1.29, 1.82) is 0 Å². The van der Waals surface area contributed by atoms with Gasteiger partial charge in [0.1, 0.15) is 23.1 Å². The summed E-state index contributed by atoms with van der Waals surface area (Å²) in [7, 11) is 0. The first kappa shape index (κ1) is 28.7. The third kappa shape index (κ3) is 8.10. The number of rotatable bonds is 6. The SMILES string of the molecule is CC(C)(C)OC(=O)N1CCC(CC(=O)c2cc(OC3CCN(c4ccc(C(F)(F)F)cc4)CC3)ccn2)CC1. The van der Waals surface area contributed by atoms with Crippen molar-refractivity contribution in [2.24, 2.45) is 5.92 Å². The minimum Gasteiger partial charge on any atom is -0.490 e. The van der Waals surface area contributed by atoms with Gasteiger partial charge >= 0.3 is 12.3 Å². The van der Waals surface area contributed by atoms with Crippen LogP contribution in [0.2, 0.25) is 0 Å². The molecule has 2 fully saturated rings. The lowest BCUT2D eigenvalue weighted by molar-refractivity contribution is -0.137. The Morgan fingerprint density at radius 3 is 2.18 bits per heavy atom. The highest BCUT2D eigenvalue weighted by Gasteiger charge is 2.31. The molecule has 0 spiro atoms. The number of alkyl halides is 3. The molecule has 0 saturated carbocycles. The number of benzene rings is 1. The van der Waals surface area contributed by atoms with Gasteiger partial charge in [-0.3, -0.25) is 9.78 Å². The number of pyridine rings is 1. The van der Waals surface area contributed by atoms with E-state index in [4.69, 9.17) is 9.47 Å². The van der Waals surface area contributed by atoms with Crippen LogP contribution in [-0.4, -0.2) is 59.6 Å². The summed E-state index contributed by atoms with van der Waals surface area (Å²) in [6, 6.07) is 8.65. The number of likely N-dealkylation sites (tertiary alicyclic amines) is 1. The Hall–Kier alpha value is -3.30. The number of ether oxygens (including phenoxy) is 2. The molecule has 7 nitrogen and oxygen atoms in total. The highest BCUT2D eigenvalue weighted by Crippen LogP contribution is 2.31. The summed E-state index contributed by atoms with van der Waals surface area (Å²) in [6.45, 7) is 7.97. The van der Waals surface area contributed by atoms with Gasteiger partial charge in [0, 0.05) is 63.4 Å². The van der Waals surface area contributed by atoms with Crippen molar-refractivity contribution in [3.63, 3.8) is 0 Å². The summed E-state index contributed by atoms with van der Waals surface area (Å²) in [6.07, 6.45) is 0.115. The Labute approximate surface area is 227 Å². The number of Topliss-reactive ketones (excluding diaryl/α,β-unsaturated/α-hetero) is 1. The Morgan fingerprint density at radius 1 is 0.949 bits per heavy atom. The number of ketones is 1.